The predicted molar refractivity (Wildman–Crippen MR) is 133 cm³/mol. The number of rotatable bonds is 6. The van der Waals surface area contributed by atoms with Crippen molar-refractivity contribution in [2.75, 3.05) is 18.4 Å². The first-order valence-electron chi connectivity index (χ1n) is 11.1. The van der Waals surface area contributed by atoms with E-state index in [1.54, 1.807) is 36.4 Å². The Kier molecular flexibility index (Phi) is 7.16. The highest BCUT2D eigenvalue weighted by Crippen LogP contribution is 2.26. The molecule has 0 bridgehead atoms. The maximum atomic E-state index is 13.0. The molecule has 0 spiro atoms. The molecular formula is C26H25ClN2O4S. The standard InChI is InChI=1S/C26H25ClN2O4S/c1-18-6-5-15-29(17-18)34(32,33)22-12-9-20(10-13-22)26(31)28-24-14-11-21(27)16-23(24)25(30)19-7-3-2-4-8-19/h2-4,7-14,16,18H,5-6,15,17H2,1H3,(H,28,31). The highest BCUT2D eigenvalue weighted by molar-refractivity contribution is 7.89. The first-order valence-corrected chi connectivity index (χ1v) is 12.9. The largest absolute Gasteiger partial charge is 0.321 e. The van der Waals surface area contributed by atoms with Crippen LogP contribution in [0.2, 0.25) is 5.02 Å². The number of ketones is 1. The third kappa shape index (κ3) is 5.22. The van der Waals surface area contributed by atoms with Gasteiger partial charge in [0.15, 0.2) is 5.78 Å². The van der Waals surface area contributed by atoms with Gasteiger partial charge < -0.3 is 5.32 Å². The Morgan fingerprint density at radius 1 is 0.971 bits per heavy atom. The first-order chi connectivity index (χ1) is 16.3. The van der Waals surface area contributed by atoms with Gasteiger partial charge in [-0.05, 0) is 61.2 Å². The van der Waals surface area contributed by atoms with Crippen LogP contribution in [0, 0.1) is 5.92 Å². The smallest absolute Gasteiger partial charge is 0.255 e. The molecule has 1 fully saturated rings. The predicted octanol–water partition coefficient (Wildman–Crippen LogP) is 5.24. The number of carbonyl (C=O) groups excluding carboxylic acids is 2. The van der Waals surface area contributed by atoms with Gasteiger partial charge in [0.25, 0.3) is 5.91 Å². The van der Waals surface area contributed by atoms with Gasteiger partial charge >= 0.3 is 0 Å². The number of piperidine rings is 1. The second-order valence-electron chi connectivity index (χ2n) is 8.47. The molecule has 34 heavy (non-hydrogen) atoms. The number of benzene rings is 3. The van der Waals surface area contributed by atoms with Crippen molar-refractivity contribution in [2.45, 2.75) is 24.7 Å². The topological polar surface area (TPSA) is 83.6 Å². The lowest BCUT2D eigenvalue weighted by atomic mass is 10.0. The molecular weight excluding hydrogens is 472 g/mol. The summed E-state index contributed by atoms with van der Waals surface area (Å²) in [7, 11) is -3.61. The lowest BCUT2D eigenvalue weighted by Crippen LogP contribution is -2.39. The van der Waals surface area contributed by atoms with Crippen molar-refractivity contribution >= 4 is 39.0 Å². The van der Waals surface area contributed by atoms with E-state index in [0.29, 0.717) is 35.3 Å². The third-order valence-corrected chi connectivity index (χ3v) is 8.00. The van der Waals surface area contributed by atoms with Crippen LogP contribution in [0.4, 0.5) is 5.69 Å². The van der Waals surface area contributed by atoms with Crippen LogP contribution in [0.3, 0.4) is 0 Å². The average Bonchev–Trinajstić information content (AvgIpc) is 2.85. The molecule has 3 aromatic carbocycles. The molecule has 4 rings (SSSR count). The van der Waals surface area contributed by atoms with Crippen LogP contribution in [-0.2, 0) is 10.0 Å². The third-order valence-electron chi connectivity index (χ3n) is 5.88. The lowest BCUT2D eigenvalue weighted by molar-refractivity contribution is 0.102. The summed E-state index contributed by atoms with van der Waals surface area (Å²) in [5.74, 6) is -0.406. The Labute approximate surface area is 204 Å². The molecule has 1 heterocycles. The Hall–Kier alpha value is -3.00. The summed E-state index contributed by atoms with van der Waals surface area (Å²) >= 11 is 6.11. The van der Waals surface area contributed by atoms with Crippen molar-refractivity contribution in [3.63, 3.8) is 0 Å². The summed E-state index contributed by atoms with van der Waals surface area (Å²) in [5.41, 5.74) is 1.34. The summed E-state index contributed by atoms with van der Waals surface area (Å²) in [6.45, 7) is 3.05. The number of amides is 1. The van der Waals surface area contributed by atoms with Crippen LogP contribution < -0.4 is 5.32 Å². The van der Waals surface area contributed by atoms with Gasteiger partial charge in [-0.1, -0.05) is 48.9 Å². The van der Waals surface area contributed by atoms with Gasteiger partial charge in [0, 0.05) is 34.8 Å². The highest BCUT2D eigenvalue weighted by Gasteiger charge is 2.28. The van der Waals surface area contributed by atoms with Gasteiger partial charge in [0.05, 0.1) is 10.6 Å². The molecule has 0 aromatic heterocycles. The summed E-state index contributed by atoms with van der Waals surface area (Å²) in [4.78, 5) is 26.0. The average molecular weight is 497 g/mol. The van der Waals surface area contributed by atoms with Gasteiger partial charge in [-0.3, -0.25) is 9.59 Å². The summed E-state index contributed by atoms with van der Waals surface area (Å²) in [6.07, 6.45) is 1.86. The second-order valence-corrected chi connectivity index (χ2v) is 10.8. The molecule has 6 nitrogen and oxygen atoms in total. The van der Waals surface area contributed by atoms with E-state index in [0.717, 1.165) is 12.8 Å². The van der Waals surface area contributed by atoms with Gasteiger partial charge in [0.1, 0.15) is 0 Å². The zero-order valence-electron chi connectivity index (χ0n) is 18.7. The molecule has 1 atom stereocenters. The van der Waals surface area contributed by atoms with E-state index in [9.17, 15) is 18.0 Å². The van der Waals surface area contributed by atoms with Crippen molar-refractivity contribution in [3.8, 4) is 0 Å². The minimum atomic E-state index is -3.61. The van der Waals surface area contributed by atoms with Gasteiger partial charge in [-0.2, -0.15) is 4.31 Å². The molecule has 1 amide bonds. The number of halogens is 1. The molecule has 1 aliphatic heterocycles. The molecule has 176 valence electrons. The summed E-state index contributed by atoms with van der Waals surface area (Å²) in [6, 6.07) is 19.2. The fourth-order valence-electron chi connectivity index (χ4n) is 4.04. The molecule has 3 aromatic rings. The Morgan fingerprint density at radius 3 is 2.35 bits per heavy atom. The summed E-state index contributed by atoms with van der Waals surface area (Å²) < 4.78 is 27.4. The molecule has 8 heteroatoms. The van der Waals surface area contributed by atoms with Crippen molar-refractivity contribution in [2.24, 2.45) is 5.92 Å². The minimum Gasteiger partial charge on any atom is -0.321 e. The molecule has 1 N–H and O–H groups in total. The van der Waals surface area contributed by atoms with Gasteiger partial charge in [-0.15, -0.1) is 0 Å². The molecule has 0 saturated carbocycles. The number of hydrogen-bond acceptors (Lipinski definition) is 4. The number of nitrogens with zero attached hydrogens (tertiary/aromatic N) is 1. The number of sulfonamides is 1. The van der Waals surface area contributed by atoms with Crippen molar-refractivity contribution < 1.29 is 18.0 Å². The lowest BCUT2D eigenvalue weighted by Gasteiger charge is -2.30. The molecule has 1 saturated heterocycles. The van der Waals surface area contributed by atoms with Crippen LogP contribution >= 0.6 is 11.6 Å². The van der Waals surface area contributed by atoms with Crippen molar-refractivity contribution in [1.82, 2.24) is 4.31 Å². The maximum Gasteiger partial charge on any atom is 0.255 e. The van der Waals surface area contributed by atoms with Crippen LogP contribution in [0.15, 0.2) is 77.7 Å². The fraction of sp³-hybridized carbons (Fsp3) is 0.231. The minimum absolute atomic E-state index is 0.157. The number of nitrogens with one attached hydrogen (secondary N) is 1. The number of hydrogen-bond donors (Lipinski definition) is 1. The maximum absolute atomic E-state index is 13.0. The number of carbonyl (C=O) groups is 2. The van der Waals surface area contributed by atoms with E-state index >= 15 is 0 Å². The van der Waals surface area contributed by atoms with Crippen LogP contribution in [0.25, 0.3) is 0 Å². The van der Waals surface area contributed by atoms with Gasteiger partial charge in [-0.25, -0.2) is 8.42 Å². The van der Waals surface area contributed by atoms with E-state index < -0.39 is 15.9 Å². The normalized spacial score (nSPS) is 16.7. The van der Waals surface area contributed by atoms with E-state index in [1.165, 1.54) is 34.6 Å². The zero-order chi connectivity index (χ0) is 24.3. The van der Waals surface area contributed by atoms with Crippen LogP contribution in [-0.4, -0.2) is 37.5 Å². The Morgan fingerprint density at radius 2 is 1.68 bits per heavy atom. The van der Waals surface area contributed by atoms with Crippen LogP contribution in [0.5, 0.6) is 0 Å². The summed E-state index contributed by atoms with van der Waals surface area (Å²) in [5, 5.41) is 3.13. The zero-order valence-corrected chi connectivity index (χ0v) is 20.3. The second kappa shape index (κ2) is 10.1. The van der Waals surface area contributed by atoms with E-state index in [-0.39, 0.29) is 21.8 Å². The Balaban J connectivity index is 1.54. The fourth-order valence-corrected chi connectivity index (χ4v) is 5.82. The molecule has 1 aliphatic rings. The van der Waals surface area contributed by atoms with Gasteiger partial charge in [0.2, 0.25) is 10.0 Å². The monoisotopic (exact) mass is 496 g/mol. The molecule has 1 unspecified atom stereocenters. The highest BCUT2D eigenvalue weighted by atomic mass is 35.5. The number of anilines is 1. The van der Waals surface area contributed by atoms with Crippen LogP contribution in [0.1, 0.15) is 46.0 Å². The van der Waals surface area contributed by atoms with Crippen molar-refractivity contribution in [3.05, 3.63) is 94.5 Å². The molecule has 0 radical (unpaired) electrons. The molecule has 0 aliphatic carbocycles. The van der Waals surface area contributed by atoms with E-state index in [4.69, 9.17) is 11.6 Å². The van der Waals surface area contributed by atoms with E-state index in [1.807, 2.05) is 13.0 Å². The Bertz CT molecular complexity index is 1310. The quantitative estimate of drug-likeness (QED) is 0.473. The first kappa shape index (κ1) is 24.1. The SMILES string of the molecule is CC1CCCN(S(=O)(=O)c2ccc(C(=O)Nc3ccc(Cl)cc3C(=O)c3ccccc3)cc2)C1. The van der Waals surface area contributed by atoms with E-state index in [2.05, 4.69) is 5.32 Å². The van der Waals surface area contributed by atoms with Crippen molar-refractivity contribution in [1.29, 1.82) is 0 Å².